The summed E-state index contributed by atoms with van der Waals surface area (Å²) in [5, 5.41) is 0. The Labute approximate surface area is 110 Å². The van der Waals surface area contributed by atoms with Crippen molar-refractivity contribution < 1.29 is 14.3 Å². The molecule has 0 bridgehead atoms. The minimum absolute atomic E-state index is 0.0189. The molecule has 0 heterocycles. The number of nitrogens with two attached hydrogens (primary N) is 1. The van der Waals surface area contributed by atoms with Gasteiger partial charge in [-0.3, -0.25) is 0 Å². The normalized spacial score (nSPS) is 30.2. The smallest absolute Gasteiger partial charge is 0.336 e. The van der Waals surface area contributed by atoms with Crippen LogP contribution in [0.25, 0.3) is 0 Å². The van der Waals surface area contributed by atoms with Crippen molar-refractivity contribution in [3.05, 3.63) is 0 Å². The summed E-state index contributed by atoms with van der Waals surface area (Å²) in [5.74, 6) is 1.30. The number of esters is 1. The highest BCUT2D eigenvalue weighted by Crippen LogP contribution is 2.35. The summed E-state index contributed by atoms with van der Waals surface area (Å²) in [6.45, 7) is 6.77. The Hall–Kier alpha value is -0.610. The molecule has 1 rings (SSSR count). The van der Waals surface area contributed by atoms with Gasteiger partial charge in [0.1, 0.15) is 6.10 Å². The predicted molar refractivity (Wildman–Crippen MR) is 71.1 cm³/mol. The molecule has 1 aliphatic rings. The Balaban J connectivity index is 2.63. The fourth-order valence-corrected chi connectivity index (χ4v) is 2.76. The van der Waals surface area contributed by atoms with Gasteiger partial charge in [-0.05, 0) is 30.6 Å². The number of carbonyl (C=O) groups excluding carboxylic acids is 1. The molecule has 1 saturated carbocycles. The highest BCUT2D eigenvalue weighted by molar-refractivity contribution is 5.75. The third kappa shape index (κ3) is 3.95. The van der Waals surface area contributed by atoms with Crippen LogP contribution in [0.2, 0.25) is 0 Å². The molecule has 0 spiro atoms. The molecule has 4 nitrogen and oxygen atoms in total. The van der Waals surface area contributed by atoms with E-state index in [1.54, 1.807) is 0 Å². The Morgan fingerprint density at radius 2 is 2.06 bits per heavy atom. The molecule has 0 radical (unpaired) electrons. The molecule has 0 aliphatic heterocycles. The van der Waals surface area contributed by atoms with Gasteiger partial charge in [-0.1, -0.05) is 27.2 Å². The van der Waals surface area contributed by atoms with E-state index >= 15 is 0 Å². The molecule has 4 unspecified atom stereocenters. The van der Waals surface area contributed by atoms with E-state index in [1.807, 2.05) is 0 Å². The van der Waals surface area contributed by atoms with E-state index in [-0.39, 0.29) is 18.6 Å². The van der Waals surface area contributed by atoms with Gasteiger partial charge in [0.05, 0.1) is 0 Å². The van der Waals surface area contributed by atoms with Crippen molar-refractivity contribution in [1.29, 1.82) is 0 Å². The minimum atomic E-state index is -0.630. The van der Waals surface area contributed by atoms with Crippen LogP contribution in [0.3, 0.4) is 0 Å². The van der Waals surface area contributed by atoms with E-state index < -0.39 is 6.10 Å². The van der Waals surface area contributed by atoms with Crippen molar-refractivity contribution >= 4 is 5.97 Å². The molecule has 0 amide bonds. The molecule has 4 heteroatoms. The fraction of sp³-hybridized carbons (Fsp3) is 0.929. The fourth-order valence-electron chi connectivity index (χ4n) is 2.76. The van der Waals surface area contributed by atoms with Crippen molar-refractivity contribution in [1.82, 2.24) is 0 Å². The van der Waals surface area contributed by atoms with E-state index in [9.17, 15) is 4.79 Å². The van der Waals surface area contributed by atoms with Crippen LogP contribution in [0.4, 0.5) is 0 Å². The molecule has 0 aromatic heterocycles. The van der Waals surface area contributed by atoms with Gasteiger partial charge in [0, 0.05) is 13.7 Å². The van der Waals surface area contributed by atoms with Crippen molar-refractivity contribution in [3.63, 3.8) is 0 Å². The predicted octanol–water partition coefficient (Wildman–Crippen LogP) is 1.96. The zero-order valence-electron chi connectivity index (χ0n) is 12.0. The lowest BCUT2D eigenvalue weighted by molar-refractivity contribution is -0.167. The van der Waals surface area contributed by atoms with E-state index in [0.29, 0.717) is 17.8 Å². The van der Waals surface area contributed by atoms with Gasteiger partial charge in [0.25, 0.3) is 0 Å². The number of hydrogen-bond acceptors (Lipinski definition) is 4. The molecule has 106 valence electrons. The average Bonchev–Trinajstić information content (AvgIpc) is 2.30. The summed E-state index contributed by atoms with van der Waals surface area (Å²) in [4.78, 5) is 11.9. The first-order valence-corrected chi connectivity index (χ1v) is 6.92. The van der Waals surface area contributed by atoms with Gasteiger partial charge in [0.2, 0.25) is 0 Å². The number of methoxy groups -OCH3 is 1. The molecule has 2 N–H and O–H groups in total. The summed E-state index contributed by atoms with van der Waals surface area (Å²) < 4.78 is 10.7. The van der Waals surface area contributed by atoms with Crippen LogP contribution in [0, 0.1) is 17.8 Å². The van der Waals surface area contributed by atoms with E-state index in [0.717, 1.165) is 12.8 Å². The third-order valence-electron chi connectivity index (χ3n) is 3.99. The van der Waals surface area contributed by atoms with Gasteiger partial charge >= 0.3 is 5.97 Å². The third-order valence-corrected chi connectivity index (χ3v) is 3.99. The van der Waals surface area contributed by atoms with Crippen LogP contribution in [0.15, 0.2) is 0 Å². The lowest BCUT2D eigenvalue weighted by Crippen LogP contribution is -2.41. The van der Waals surface area contributed by atoms with Gasteiger partial charge in [-0.15, -0.1) is 0 Å². The first-order chi connectivity index (χ1) is 8.49. The topological polar surface area (TPSA) is 61.5 Å². The molecule has 4 atom stereocenters. The monoisotopic (exact) mass is 257 g/mol. The van der Waals surface area contributed by atoms with Crippen LogP contribution >= 0.6 is 0 Å². The second-order valence-corrected chi connectivity index (χ2v) is 5.76. The summed E-state index contributed by atoms with van der Waals surface area (Å²) in [6, 6.07) is 0. The molecule has 18 heavy (non-hydrogen) atoms. The van der Waals surface area contributed by atoms with Gasteiger partial charge < -0.3 is 15.2 Å². The number of ether oxygens (including phenoxy) is 2. The average molecular weight is 257 g/mol. The maximum absolute atomic E-state index is 11.9. The quantitative estimate of drug-likeness (QED) is 0.765. The first-order valence-electron chi connectivity index (χ1n) is 6.92. The van der Waals surface area contributed by atoms with Crippen LogP contribution < -0.4 is 5.73 Å². The van der Waals surface area contributed by atoms with E-state index in [2.05, 4.69) is 20.8 Å². The standard InChI is InChI=1S/C14H27NO3/c1-9(2)11-6-5-10(3)7-12(11)18-14(16)13(8-15)17-4/h9-13H,5-8,15H2,1-4H3. The number of rotatable bonds is 5. The van der Waals surface area contributed by atoms with Crippen LogP contribution in [0.5, 0.6) is 0 Å². The molecular formula is C14H27NO3. The van der Waals surface area contributed by atoms with E-state index in [1.165, 1.54) is 13.5 Å². The Kier molecular flexibility index (Phi) is 6.09. The highest BCUT2D eigenvalue weighted by Gasteiger charge is 2.34. The lowest BCUT2D eigenvalue weighted by atomic mass is 9.75. The highest BCUT2D eigenvalue weighted by atomic mass is 16.6. The SMILES string of the molecule is COC(CN)C(=O)OC1CC(C)CCC1C(C)C. The molecular weight excluding hydrogens is 230 g/mol. The van der Waals surface area contributed by atoms with Crippen molar-refractivity contribution in [2.75, 3.05) is 13.7 Å². The van der Waals surface area contributed by atoms with Crippen LogP contribution in [-0.4, -0.2) is 31.8 Å². The first kappa shape index (κ1) is 15.4. The van der Waals surface area contributed by atoms with Crippen LogP contribution in [-0.2, 0) is 14.3 Å². The summed E-state index contributed by atoms with van der Waals surface area (Å²) in [5.41, 5.74) is 5.49. The van der Waals surface area contributed by atoms with E-state index in [4.69, 9.17) is 15.2 Å². The number of hydrogen-bond donors (Lipinski definition) is 1. The van der Waals surface area contributed by atoms with Crippen molar-refractivity contribution in [2.24, 2.45) is 23.5 Å². The van der Waals surface area contributed by atoms with Gasteiger partial charge in [-0.25, -0.2) is 4.79 Å². The number of carbonyl (C=O) groups is 1. The Morgan fingerprint density at radius 3 is 2.56 bits per heavy atom. The minimum Gasteiger partial charge on any atom is -0.460 e. The van der Waals surface area contributed by atoms with Crippen LogP contribution in [0.1, 0.15) is 40.0 Å². The largest absolute Gasteiger partial charge is 0.460 e. The summed E-state index contributed by atoms with van der Waals surface area (Å²) >= 11 is 0. The molecule has 0 aromatic carbocycles. The Bertz CT molecular complexity index is 264. The molecule has 0 saturated heterocycles. The van der Waals surface area contributed by atoms with Gasteiger partial charge in [-0.2, -0.15) is 0 Å². The Morgan fingerprint density at radius 1 is 1.39 bits per heavy atom. The molecule has 0 aromatic rings. The zero-order chi connectivity index (χ0) is 13.7. The second kappa shape index (κ2) is 7.10. The van der Waals surface area contributed by atoms with Gasteiger partial charge in [0.15, 0.2) is 6.10 Å². The van der Waals surface area contributed by atoms with Crippen molar-refractivity contribution in [2.45, 2.75) is 52.2 Å². The molecule has 1 fully saturated rings. The second-order valence-electron chi connectivity index (χ2n) is 5.76. The summed E-state index contributed by atoms with van der Waals surface area (Å²) in [6.07, 6.45) is 2.70. The lowest BCUT2D eigenvalue weighted by Gasteiger charge is -2.37. The zero-order valence-corrected chi connectivity index (χ0v) is 12.0. The maximum Gasteiger partial charge on any atom is 0.336 e. The summed E-state index contributed by atoms with van der Waals surface area (Å²) in [7, 11) is 1.49. The van der Waals surface area contributed by atoms with Crippen molar-refractivity contribution in [3.8, 4) is 0 Å². The maximum atomic E-state index is 11.9. The molecule has 1 aliphatic carbocycles.